The fraction of sp³-hybridized carbons (Fsp3) is 0.350. The molecule has 5 nitrogen and oxygen atoms in total. The molecule has 2 aromatic rings. The molecule has 0 atom stereocenters. The first-order valence-corrected chi connectivity index (χ1v) is 8.54. The number of anilines is 1. The van der Waals surface area contributed by atoms with Crippen molar-refractivity contribution >= 4 is 17.5 Å². The number of aromatic nitrogens is 1. The van der Waals surface area contributed by atoms with Gasteiger partial charge < -0.3 is 10.2 Å². The van der Waals surface area contributed by atoms with Gasteiger partial charge >= 0.3 is 0 Å². The zero-order valence-electron chi connectivity index (χ0n) is 15.1. The van der Waals surface area contributed by atoms with Crippen molar-refractivity contribution in [3.05, 3.63) is 59.4 Å². The topological polar surface area (TPSA) is 62.3 Å². The van der Waals surface area contributed by atoms with E-state index >= 15 is 0 Å². The summed E-state index contributed by atoms with van der Waals surface area (Å²) in [6, 6.07) is 9.75. The van der Waals surface area contributed by atoms with Gasteiger partial charge in [0.15, 0.2) is 0 Å². The van der Waals surface area contributed by atoms with E-state index in [9.17, 15) is 9.59 Å². The van der Waals surface area contributed by atoms with Crippen molar-refractivity contribution < 1.29 is 9.59 Å². The predicted octanol–water partition coefficient (Wildman–Crippen LogP) is 3.33. The van der Waals surface area contributed by atoms with Gasteiger partial charge in [0.25, 0.3) is 0 Å². The molecule has 2 rings (SSSR count). The molecule has 0 fully saturated rings. The highest BCUT2D eigenvalue weighted by Crippen LogP contribution is 2.21. The molecule has 5 heteroatoms. The summed E-state index contributed by atoms with van der Waals surface area (Å²) >= 11 is 0. The molecule has 1 heterocycles. The molecule has 2 amide bonds. The second kappa shape index (κ2) is 8.97. The standard InChI is InChI=1S/C20H25N3O2/c1-4-18-7-5-6-15(2)20(18)22-19(25)10-13-23(16(3)24)14-17-8-11-21-12-9-17/h5-9,11-12H,4,10,13-14H2,1-3H3,(H,22,25). The lowest BCUT2D eigenvalue weighted by atomic mass is 10.1. The molecule has 0 saturated carbocycles. The summed E-state index contributed by atoms with van der Waals surface area (Å²) in [5.41, 5.74) is 4.05. The molecule has 1 N–H and O–H groups in total. The van der Waals surface area contributed by atoms with Crippen LogP contribution in [0.3, 0.4) is 0 Å². The molecular weight excluding hydrogens is 314 g/mol. The van der Waals surface area contributed by atoms with Gasteiger partial charge in [-0.2, -0.15) is 0 Å². The summed E-state index contributed by atoms with van der Waals surface area (Å²) in [6.07, 6.45) is 4.52. The normalized spacial score (nSPS) is 10.4. The van der Waals surface area contributed by atoms with Gasteiger partial charge in [0, 0.05) is 44.5 Å². The SMILES string of the molecule is CCc1cccc(C)c1NC(=O)CCN(Cc1ccncc1)C(C)=O. The largest absolute Gasteiger partial charge is 0.338 e. The third-order valence-corrected chi connectivity index (χ3v) is 4.18. The number of carbonyl (C=O) groups excluding carboxylic acids is 2. The predicted molar refractivity (Wildman–Crippen MR) is 99.1 cm³/mol. The second-order valence-corrected chi connectivity index (χ2v) is 6.06. The molecule has 0 aliphatic heterocycles. The molecule has 132 valence electrons. The van der Waals surface area contributed by atoms with Crippen molar-refractivity contribution in [2.45, 2.75) is 40.2 Å². The van der Waals surface area contributed by atoms with Crippen LogP contribution in [0.15, 0.2) is 42.7 Å². The van der Waals surface area contributed by atoms with E-state index in [0.29, 0.717) is 13.1 Å². The first-order chi connectivity index (χ1) is 12.0. The lowest BCUT2D eigenvalue weighted by Crippen LogP contribution is -2.31. The molecule has 0 unspecified atom stereocenters. The number of rotatable bonds is 7. The zero-order chi connectivity index (χ0) is 18.2. The quantitative estimate of drug-likeness (QED) is 0.841. The number of pyridine rings is 1. The lowest BCUT2D eigenvalue weighted by molar-refractivity contribution is -0.129. The maximum absolute atomic E-state index is 12.4. The molecule has 0 radical (unpaired) electrons. The minimum absolute atomic E-state index is 0.0465. The summed E-state index contributed by atoms with van der Waals surface area (Å²) in [5, 5.41) is 3.00. The van der Waals surface area contributed by atoms with E-state index < -0.39 is 0 Å². The molecule has 0 spiro atoms. The van der Waals surface area contributed by atoms with E-state index in [1.807, 2.05) is 37.3 Å². The Bertz CT molecular complexity index is 729. The molecule has 0 aliphatic carbocycles. The molecule has 0 saturated heterocycles. The van der Waals surface area contributed by atoms with E-state index in [4.69, 9.17) is 0 Å². The van der Waals surface area contributed by atoms with Crippen molar-refractivity contribution in [2.24, 2.45) is 0 Å². The first-order valence-electron chi connectivity index (χ1n) is 8.54. The maximum Gasteiger partial charge on any atom is 0.226 e. The van der Waals surface area contributed by atoms with Crippen molar-refractivity contribution in [1.82, 2.24) is 9.88 Å². The fourth-order valence-corrected chi connectivity index (χ4v) is 2.70. The Balaban J connectivity index is 1.97. The van der Waals surface area contributed by atoms with E-state index in [2.05, 4.69) is 17.2 Å². The fourth-order valence-electron chi connectivity index (χ4n) is 2.70. The van der Waals surface area contributed by atoms with Gasteiger partial charge in [0.05, 0.1) is 0 Å². The van der Waals surface area contributed by atoms with E-state index in [0.717, 1.165) is 28.8 Å². The van der Waals surface area contributed by atoms with Gasteiger partial charge in [-0.05, 0) is 42.2 Å². The van der Waals surface area contributed by atoms with Crippen LogP contribution in [0, 0.1) is 6.92 Å². The van der Waals surface area contributed by atoms with Crippen molar-refractivity contribution in [1.29, 1.82) is 0 Å². The Hall–Kier alpha value is -2.69. The van der Waals surface area contributed by atoms with Crippen molar-refractivity contribution in [3.63, 3.8) is 0 Å². The molecule has 0 aliphatic rings. The van der Waals surface area contributed by atoms with Crippen molar-refractivity contribution in [3.8, 4) is 0 Å². The summed E-state index contributed by atoms with van der Waals surface area (Å²) < 4.78 is 0. The van der Waals surface area contributed by atoms with E-state index in [1.54, 1.807) is 17.3 Å². The number of carbonyl (C=O) groups is 2. The molecular formula is C20H25N3O2. The summed E-state index contributed by atoms with van der Waals surface area (Å²) in [5.74, 6) is -0.125. The van der Waals surface area contributed by atoms with E-state index in [1.165, 1.54) is 6.92 Å². The van der Waals surface area contributed by atoms with Crippen LogP contribution < -0.4 is 5.32 Å². The van der Waals surface area contributed by atoms with Crippen molar-refractivity contribution in [2.75, 3.05) is 11.9 Å². The van der Waals surface area contributed by atoms with Crippen LogP contribution in [-0.4, -0.2) is 28.2 Å². The minimum atomic E-state index is -0.0787. The average molecular weight is 339 g/mol. The van der Waals surface area contributed by atoms with Crippen LogP contribution >= 0.6 is 0 Å². The highest BCUT2D eigenvalue weighted by molar-refractivity contribution is 5.92. The smallest absolute Gasteiger partial charge is 0.226 e. The number of benzene rings is 1. The number of hydrogen-bond acceptors (Lipinski definition) is 3. The van der Waals surface area contributed by atoms with Crippen LogP contribution in [0.25, 0.3) is 0 Å². The van der Waals surface area contributed by atoms with Gasteiger partial charge in [-0.1, -0.05) is 25.1 Å². The highest BCUT2D eigenvalue weighted by Gasteiger charge is 2.13. The van der Waals surface area contributed by atoms with Gasteiger partial charge in [-0.25, -0.2) is 0 Å². The van der Waals surface area contributed by atoms with Crippen LogP contribution in [0.1, 0.15) is 37.0 Å². The minimum Gasteiger partial charge on any atom is -0.338 e. The molecule has 0 bridgehead atoms. The maximum atomic E-state index is 12.4. The Labute approximate surface area is 149 Å². The summed E-state index contributed by atoms with van der Waals surface area (Å²) in [7, 11) is 0. The van der Waals surface area contributed by atoms with E-state index in [-0.39, 0.29) is 18.2 Å². The average Bonchev–Trinajstić information content (AvgIpc) is 2.61. The molecule has 1 aromatic carbocycles. The second-order valence-electron chi connectivity index (χ2n) is 6.06. The lowest BCUT2D eigenvalue weighted by Gasteiger charge is -2.21. The number of amides is 2. The number of nitrogens with zero attached hydrogens (tertiary/aromatic N) is 2. The Morgan fingerprint density at radius 1 is 1.16 bits per heavy atom. The zero-order valence-corrected chi connectivity index (χ0v) is 15.1. The van der Waals surface area contributed by atoms with Crippen LogP contribution in [0.4, 0.5) is 5.69 Å². The number of aryl methyl sites for hydroxylation is 2. The highest BCUT2D eigenvalue weighted by atomic mass is 16.2. The van der Waals surface area contributed by atoms with Crippen LogP contribution in [0.2, 0.25) is 0 Å². The van der Waals surface area contributed by atoms with Crippen LogP contribution in [-0.2, 0) is 22.6 Å². The summed E-state index contributed by atoms with van der Waals surface area (Å²) in [4.78, 5) is 29.9. The third kappa shape index (κ3) is 5.41. The van der Waals surface area contributed by atoms with Crippen LogP contribution in [0.5, 0.6) is 0 Å². The van der Waals surface area contributed by atoms with Gasteiger partial charge in [-0.15, -0.1) is 0 Å². The number of para-hydroxylation sites is 1. The number of nitrogens with one attached hydrogen (secondary N) is 1. The Morgan fingerprint density at radius 2 is 1.88 bits per heavy atom. The van der Waals surface area contributed by atoms with Gasteiger partial charge in [0.1, 0.15) is 0 Å². The summed E-state index contributed by atoms with van der Waals surface area (Å²) in [6.45, 7) is 6.44. The third-order valence-electron chi connectivity index (χ3n) is 4.18. The van der Waals surface area contributed by atoms with Gasteiger partial charge in [0.2, 0.25) is 11.8 Å². The van der Waals surface area contributed by atoms with Gasteiger partial charge in [-0.3, -0.25) is 14.6 Å². The molecule has 25 heavy (non-hydrogen) atoms. The number of hydrogen-bond donors (Lipinski definition) is 1. The Morgan fingerprint density at radius 3 is 2.52 bits per heavy atom. The molecule has 1 aromatic heterocycles. The monoisotopic (exact) mass is 339 g/mol. The Kier molecular flexibility index (Phi) is 6.69. The first kappa shape index (κ1) is 18.6.